The lowest BCUT2D eigenvalue weighted by atomic mass is 9.76. The molecule has 1 aliphatic rings. The highest BCUT2D eigenvalue weighted by molar-refractivity contribution is 4.80. The molecule has 1 aliphatic carbocycles. The molecule has 2 heteroatoms. The molecule has 1 rings (SSSR count). The van der Waals surface area contributed by atoms with Gasteiger partial charge in [-0.1, -0.05) is 20.3 Å². The van der Waals surface area contributed by atoms with E-state index in [4.69, 9.17) is 0 Å². The zero-order chi connectivity index (χ0) is 10.6. The van der Waals surface area contributed by atoms with Crippen LogP contribution in [0.15, 0.2) is 0 Å². The quantitative estimate of drug-likeness (QED) is 0.731. The van der Waals surface area contributed by atoms with Crippen LogP contribution in [-0.4, -0.2) is 22.4 Å². The van der Waals surface area contributed by atoms with Gasteiger partial charge in [-0.3, -0.25) is 0 Å². The first kappa shape index (κ1) is 12.0. The van der Waals surface area contributed by atoms with E-state index in [0.29, 0.717) is 5.92 Å². The van der Waals surface area contributed by atoms with Crippen LogP contribution in [0.25, 0.3) is 0 Å². The number of rotatable bonds is 4. The fourth-order valence-electron chi connectivity index (χ4n) is 2.49. The summed E-state index contributed by atoms with van der Waals surface area (Å²) in [5.74, 6) is 1.11. The van der Waals surface area contributed by atoms with Crippen molar-refractivity contribution < 1.29 is 10.2 Å². The second-order valence-electron chi connectivity index (χ2n) is 4.71. The van der Waals surface area contributed by atoms with Crippen LogP contribution in [0.5, 0.6) is 0 Å². The van der Waals surface area contributed by atoms with Crippen molar-refractivity contribution in [1.29, 1.82) is 0 Å². The second-order valence-corrected chi connectivity index (χ2v) is 4.71. The van der Waals surface area contributed by atoms with E-state index >= 15 is 0 Å². The molecule has 84 valence electrons. The molecule has 0 amide bonds. The molecule has 0 aromatic rings. The largest absolute Gasteiger partial charge is 0.393 e. The highest BCUT2D eigenvalue weighted by Gasteiger charge is 2.29. The summed E-state index contributed by atoms with van der Waals surface area (Å²) in [7, 11) is 0. The molecular formula is C12H24O2. The number of hydrogen-bond acceptors (Lipinski definition) is 2. The van der Waals surface area contributed by atoms with Crippen LogP contribution in [-0.2, 0) is 0 Å². The minimum Gasteiger partial charge on any atom is -0.393 e. The maximum atomic E-state index is 9.82. The molecule has 0 saturated heterocycles. The van der Waals surface area contributed by atoms with Gasteiger partial charge in [0.05, 0.1) is 12.2 Å². The summed E-state index contributed by atoms with van der Waals surface area (Å²) in [5, 5.41) is 19.4. The van der Waals surface area contributed by atoms with Crippen molar-refractivity contribution in [3.05, 3.63) is 0 Å². The molecule has 0 aliphatic heterocycles. The fraction of sp³-hybridized carbons (Fsp3) is 1.00. The summed E-state index contributed by atoms with van der Waals surface area (Å²) in [6.45, 7) is 4.22. The Balaban J connectivity index is 2.40. The normalized spacial score (nSPS) is 35.6. The van der Waals surface area contributed by atoms with Gasteiger partial charge in [0.1, 0.15) is 0 Å². The van der Waals surface area contributed by atoms with Crippen molar-refractivity contribution in [1.82, 2.24) is 0 Å². The molecule has 0 heterocycles. The van der Waals surface area contributed by atoms with Gasteiger partial charge in [0.15, 0.2) is 0 Å². The average Bonchev–Trinajstić information content (AvgIpc) is 2.21. The van der Waals surface area contributed by atoms with Gasteiger partial charge in [-0.2, -0.15) is 0 Å². The minimum atomic E-state index is -0.217. The number of aliphatic hydroxyl groups is 2. The van der Waals surface area contributed by atoms with Crippen molar-refractivity contribution >= 4 is 0 Å². The molecule has 0 aromatic heterocycles. The fourth-order valence-corrected chi connectivity index (χ4v) is 2.49. The van der Waals surface area contributed by atoms with E-state index in [2.05, 4.69) is 6.92 Å². The Labute approximate surface area is 87.3 Å². The molecule has 0 bridgehead atoms. The molecule has 4 atom stereocenters. The van der Waals surface area contributed by atoms with Crippen LogP contribution >= 0.6 is 0 Å². The topological polar surface area (TPSA) is 40.5 Å². The van der Waals surface area contributed by atoms with Gasteiger partial charge in [0.25, 0.3) is 0 Å². The van der Waals surface area contributed by atoms with Crippen LogP contribution in [0.3, 0.4) is 0 Å². The summed E-state index contributed by atoms with van der Waals surface area (Å²) in [6.07, 6.45) is 5.62. The van der Waals surface area contributed by atoms with Crippen molar-refractivity contribution in [3.63, 3.8) is 0 Å². The van der Waals surface area contributed by atoms with Gasteiger partial charge in [-0.25, -0.2) is 0 Å². The van der Waals surface area contributed by atoms with Gasteiger partial charge in [0.2, 0.25) is 0 Å². The summed E-state index contributed by atoms with van der Waals surface area (Å²) in [4.78, 5) is 0. The molecule has 2 nitrogen and oxygen atoms in total. The third-order valence-corrected chi connectivity index (χ3v) is 3.67. The Morgan fingerprint density at radius 2 is 2.00 bits per heavy atom. The van der Waals surface area contributed by atoms with E-state index < -0.39 is 0 Å². The molecule has 4 unspecified atom stereocenters. The Bertz CT molecular complexity index is 156. The lowest BCUT2D eigenvalue weighted by Gasteiger charge is -2.33. The third-order valence-electron chi connectivity index (χ3n) is 3.67. The van der Waals surface area contributed by atoms with Crippen LogP contribution in [0.1, 0.15) is 52.4 Å². The van der Waals surface area contributed by atoms with Gasteiger partial charge in [-0.15, -0.1) is 0 Å². The zero-order valence-electron chi connectivity index (χ0n) is 9.45. The maximum Gasteiger partial charge on any atom is 0.0569 e. The zero-order valence-corrected chi connectivity index (χ0v) is 9.45. The first-order valence-corrected chi connectivity index (χ1v) is 6.03. The predicted molar refractivity (Wildman–Crippen MR) is 58.0 cm³/mol. The standard InChI is InChI=1S/C12H24O2/c1-3-9-5-6-12(14)10(7-9)8-11(13)4-2/h9-14H,3-8H2,1-2H3. The smallest absolute Gasteiger partial charge is 0.0569 e. The van der Waals surface area contributed by atoms with Crippen LogP contribution in [0, 0.1) is 11.8 Å². The van der Waals surface area contributed by atoms with Crippen LogP contribution in [0.4, 0.5) is 0 Å². The van der Waals surface area contributed by atoms with E-state index in [1.54, 1.807) is 0 Å². The van der Waals surface area contributed by atoms with E-state index in [1.807, 2.05) is 6.92 Å². The lowest BCUT2D eigenvalue weighted by molar-refractivity contribution is 0.0157. The first-order chi connectivity index (χ1) is 6.67. The molecule has 0 radical (unpaired) electrons. The highest BCUT2D eigenvalue weighted by Crippen LogP contribution is 2.34. The summed E-state index contributed by atoms with van der Waals surface area (Å²) in [5.41, 5.74) is 0. The van der Waals surface area contributed by atoms with Crippen LogP contribution in [0.2, 0.25) is 0 Å². The minimum absolute atomic E-state index is 0.168. The Morgan fingerprint density at radius 3 is 2.57 bits per heavy atom. The highest BCUT2D eigenvalue weighted by atomic mass is 16.3. The van der Waals surface area contributed by atoms with E-state index in [1.165, 1.54) is 6.42 Å². The van der Waals surface area contributed by atoms with Gasteiger partial charge < -0.3 is 10.2 Å². The van der Waals surface area contributed by atoms with Gasteiger partial charge >= 0.3 is 0 Å². The molecule has 0 aromatic carbocycles. The third kappa shape index (κ3) is 3.25. The second kappa shape index (κ2) is 5.72. The van der Waals surface area contributed by atoms with E-state index in [9.17, 15) is 10.2 Å². The van der Waals surface area contributed by atoms with E-state index in [0.717, 1.165) is 38.0 Å². The molecule has 14 heavy (non-hydrogen) atoms. The van der Waals surface area contributed by atoms with Gasteiger partial charge in [-0.05, 0) is 43.9 Å². The Morgan fingerprint density at radius 1 is 1.29 bits per heavy atom. The Kier molecular flexibility index (Phi) is 4.90. The number of aliphatic hydroxyl groups excluding tert-OH is 2. The van der Waals surface area contributed by atoms with Crippen molar-refractivity contribution in [2.24, 2.45) is 11.8 Å². The van der Waals surface area contributed by atoms with Crippen molar-refractivity contribution in [3.8, 4) is 0 Å². The SMILES string of the molecule is CCC(O)CC1CC(CC)CCC1O. The lowest BCUT2D eigenvalue weighted by Crippen LogP contribution is -2.31. The predicted octanol–water partition coefficient (Wildman–Crippen LogP) is 2.33. The molecule has 2 N–H and O–H groups in total. The first-order valence-electron chi connectivity index (χ1n) is 6.03. The average molecular weight is 200 g/mol. The van der Waals surface area contributed by atoms with Crippen LogP contribution < -0.4 is 0 Å². The number of hydrogen-bond donors (Lipinski definition) is 2. The van der Waals surface area contributed by atoms with Crippen molar-refractivity contribution in [2.45, 2.75) is 64.6 Å². The molecule has 0 spiro atoms. The molecular weight excluding hydrogens is 176 g/mol. The monoisotopic (exact) mass is 200 g/mol. The Hall–Kier alpha value is -0.0800. The maximum absolute atomic E-state index is 9.82. The summed E-state index contributed by atoms with van der Waals surface area (Å²) < 4.78 is 0. The molecule has 1 saturated carbocycles. The van der Waals surface area contributed by atoms with Crippen molar-refractivity contribution in [2.75, 3.05) is 0 Å². The van der Waals surface area contributed by atoms with E-state index in [-0.39, 0.29) is 12.2 Å². The summed E-state index contributed by atoms with van der Waals surface area (Å²) >= 11 is 0. The summed E-state index contributed by atoms with van der Waals surface area (Å²) in [6, 6.07) is 0. The van der Waals surface area contributed by atoms with Gasteiger partial charge in [0, 0.05) is 0 Å². The molecule has 1 fully saturated rings.